The second-order valence-corrected chi connectivity index (χ2v) is 4.48. The third-order valence-corrected chi connectivity index (χ3v) is 3.08. The Morgan fingerprint density at radius 2 is 1.85 bits per heavy atom. The first-order chi connectivity index (χ1) is 11.1. The molecular weight excluding hydrogens is 348 g/mol. The molecule has 3 aromatic rings. The van der Waals surface area contributed by atoms with E-state index < -0.39 is 12.1 Å². The second-order valence-electron chi connectivity index (χ2n) is 4.48. The molecule has 0 fully saturated rings. The van der Waals surface area contributed by atoms with Gasteiger partial charge in [-0.3, -0.25) is 14.9 Å². The summed E-state index contributed by atoms with van der Waals surface area (Å²) in [4.78, 5) is 34.0. The topological polar surface area (TPSA) is 184 Å². The summed E-state index contributed by atoms with van der Waals surface area (Å²) >= 11 is 0. The maximum atomic E-state index is 11.1. The van der Waals surface area contributed by atoms with Crippen LogP contribution in [0, 0.1) is 0 Å². The summed E-state index contributed by atoms with van der Waals surface area (Å²) in [5.41, 5.74) is 1.54. The van der Waals surface area contributed by atoms with Crippen LogP contribution in [0.2, 0.25) is 0 Å². The number of hydrogen-bond acceptors (Lipinski definition) is 8. The molecule has 3 heterocycles. The van der Waals surface area contributed by atoms with E-state index in [4.69, 9.17) is 0 Å². The Hall–Kier alpha value is -2.38. The molecule has 0 aliphatic heterocycles. The zero-order valence-corrected chi connectivity index (χ0v) is 14.8. The SMILES string of the molecule is COC(=O)Nc1ccc(-n2cnc3cnc(C(=O)[O-])cc32)cn1.O.[Li+].[Li+].[OH-]. The van der Waals surface area contributed by atoms with Gasteiger partial charge in [-0.25, -0.2) is 14.8 Å². The van der Waals surface area contributed by atoms with Crippen LogP contribution in [0.3, 0.4) is 0 Å². The average molecular weight is 361 g/mol. The fourth-order valence-electron chi connectivity index (χ4n) is 1.99. The van der Waals surface area contributed by atoms with Gasteiger partial charge >= 0.3 is 43.8 Å². The standard InChI is InChI=1S/C14H11N5O4.2Li.2H2O/c1-23-14(22)18-12-3-2-8(5-16-12)19-7-17-10-6-15-9(13(20)21)4-11(10)19;;;;/h2-7H,1H3,(H,20,21)(H,16,18,22);;;2*1H2/q;2*+1;;/p-2. The molecule has 1 amide bonds. The normalized spacial score (nSPS) is 8.93. The van der Waals surface area contributed by atoms with E-state index in [9.17, 15) is 14.7 Å². The molecule has 4 N–H and O–H groups in total. The zero-order chi connectivity index (χ0) is 16.4. The molecule has 132 valence electrons. The molecule has 0 radical (unpaired) electrons. The Morgan fingerprint density at radius 3 is 2.41 bits per heavy atom. The zero-order valence-electron chi connectivity index (χ0n) is 14.8. The van der Waals surface area contributed by atoms with E-state index >= 15 is 0 Å². The van der Waals surface area contributed by atoms with Crippen LogP contribution < -0.4 is 48.1 Å². The van der Waals surface area contributed by atoms with Gasteiger partial charge in [0.1, 0.15) is 17.7 Å². The van der Waals surface area contributed by atoms with Gasteiger partial charge in [0, 0.05) is 0 Å². The molecule has 13 heteroatoms. The average Bonchev–Trinajstić information content (AvgIpc) is 2.98. The van der Waals surface area contributed by atoms with Gasteiger partial charge in [0.25, 0.3) is 0 Å². The van der Waals surface area contributed by atoms with Crippen molar-refractivity contribution in [3.05, 3.63) is 42.6 Å². The molecule has 3 rings (SSSR count). The van der Waals surface area contributed by atoms with Crippen LogP contribution in [-0.4, -0.2) is 49.6 Å². The number of nitrogens with zero attached hydrogens (tertiary/aromatic N) is 4. The smallest absolute Gasteiger partial charge is 0.870 e. The molecule has 0 aliphatic carbocycles. The number of ether oxygens (including phenoxy) is 1. The van der Waals surface area contributed by atoms with Gasteiger partial charge in [-0.05, 0) is 18.2 Å². The van der Waals surface area contributed by atoms with Crippen molar-refractivity contribution < 1.29 is 68.1 Å². The molecule has 0 saturated heterocycles. The summed E-state index contributed by atoms with van der Waals surface area (Å²) in [6.45, 7) is 0. The molecule has 0 aromatic carbocycles. The van der Waals surface area contributed by atoms with Crippen molar-refractivity contribution in [2.75, 3.05) is 12.4 Å². The van der Waals surface area contributed by atoms with E-state index in [1.165, 1.54) is 31.9 Å². The number of pyridine rings is 2. The van der Waals surface area contributed by atoms with Crippen LogP contribution >= 0.6 is 0 Å². The molecule has 0 bridgehead atoms. The van der Waals surface area contributed by atoms with Gasteiger partial charge in [0.05, 0.1) is 42.4 Å². The number of rotatable bonds is 3. The molecule has 0 spiro atoms. The quantitative estimate of drug-likeness (QED) is 0.446. The molecular formula is C14H13Li2N5O6. The summed E-state index contributed by atoms with van der Waals surface area (Å²) in [6, 6.07) is 4.65. The Balaban J connectivity index is 0. The molecule has 0 aliphatic rings. The summed E-state index contributed by atoms with van der Waals surface area (Å²) in [5, 5.41) is 13.4. The number of carboxylic acid groups (broad SMARTS) is 1. The van der Waals surface area contributed by atoms with Gasteiger partial charge in [-0.15, -0.1) is 0 Å². The summed E-state index contributed by atoms with van der Waals surface area (Å²) < 4.78 is 6.13. The van der Waals surface area contributed by atoms with Crippen molar-refractivity contribution in [3.63, 3.8) is 0 Å². The van der Waals surface area contributed by atoms with Crippen molar-refractivity contribution >= 4 is 28.9 Å². The number of imidazole rings is 1. The molecule has 0 atom stereocenters. The molecule has 0 saturated carbocycles. The van der Waals surface area contributed by atoms with Gasteiger partial charge in [0.2, 0.25) is 0 Å². The fourth-order valence-corrected chi connectivity index (χ4v) is 1.99. The molecule has 27 heavy (non-hydrogen) atoms. The Morgan fingerprint density at radius 1 is 1.15 bits per heavy atom. The van der Waals surface area contributed by atoms with Crippen LogP contribution in [0.1, 0.15) is 10.5 Å². The van der Waals surface area contributed by atoms with Crippen LogP contribution in [0.15, 0.2) is 36.9 Å². The minimum atomic E-state index is -1.37. The summed E-state index contributed by atoms with van der Waals surface area (Å²) in [5.74, 6) is -1.04. The molecule has 11 nitrogen and oxygen atoms in total. The second kappa shape index (κ2) is 11.4. The number of fused-ring (bicyclic) bond motifs is 1. The first kappa shape index (κ1) is 26.8. The number of hydrogen-bond donors (Lipinski definition) is 1. The predicted octanol–water partition coefficient (Wildman–Crippen LogP) is -6.64. The van der Waals surface area contributed by atoms with E-state index in [2.05, 4.69) is 25.0 Å². The number of amides is 1. The monoisotopic (exact) mass is 361 g/mol. The van der Waals surface area contributed by atoms with Crippen LogP contribution in [0.25, 0.3) is 16.7 Å². The first-order valence-corrected chi connectivity index (χ1v) is 6.44. The number of methoxy groups -OCH3 is 1. The fraction of sp³-hybridized carbons (Fsp3) is 0.0714. The van der Waals surface area contributed by atoms with Gasteiger partial charge < -0.3 is 25.6 Å². The number of aromatic carboxylic acids is 1. The van der Waals surface area contributed by atoms with Crippen molar-refractivity contribution in [3.8, 4) is 5.69 Å². The van der Waals surface area contributed by atoms with Gasteiger partial charge in [0.15, 0.2) is 0 Å². The number of carboxylic acids is 1. The number of carbonyl (C=O) groups is 2. The largest absolute Gasteiger partial charge is 1.00 e. The van der Waals surface area contributed by atoms with E-state index in [1.807, 2.05) is 0 Å². The van der Waals surface area contributed by atoms with Crippen molar-refractivity contribution in [2.45, 2.75) is 0 Å². The number of anilines is 1. The first-order valence-electron chi connectivity index (χ1n) is 6.44. The minimum absolute atomic E-state index is 0. The van der Waals surface area contributed by atoms with Crippen molar-refractivity contribution in [2.24, 2.45) is 0 Å². The Kier molecular flexibility index (Phi) is 11.3. The van der Waals surface area contributed by atoms with E-state index in [0.717, 1.165) is 0 Å². The van der Waals surface area contributed by atoms with Crippen molar-refractivity contribution in [1.29, 1.82) is 0 Å². The third kappa shape index (κ3) is 5.81. The van der Waals surface area contributed by atoms with E-state index in [0.29, 0.717) is 22.5 Å². The van der Waals surface area contributed by atoms with Crippen LogP contribution in [0.5, 0.6) is 0 Å². The van der Waals surface area contributed by atoms with E-state index in [-0.39, 0.29) is 54.4 Å². The number of aromatic nitrogens is 4. The van der Waals surface area contributed by atoms with E-state index in [1.54, 1.807) is 16.7 Å². The van der Waals surface area contributed by atoms with Gasteiger partial charge in [-0.1, -0.05) is 0 Å². The number of nitrogens with one attached hydrogen (secondary N) is 1. The maximum absolute atomic E-state index is 11.1. The molecule has 3 aromatic heterocycles. The predicted molar refractivity (Wildman–Crippen MR) is 82.6 cm³/mol. The maximum Gasteiger partial charge on any atom is 1.00 e. The Bertz CT molecular complexity index is 903. The summed E-state index contributed by atoms with van der Waals surface area (Å²) in [6.07, 6.45) is 3.77. The van der Waals surface area contributed by atoms with Crippen LogP contribution in [-0.2, 0) is 4.74 Å². The third-order valence-electron chi connectivity index (χ3n) is 3.08. The van der Waals surface area contributed by atoms with Gasteiger partial charge in [-0.2, -0.15) is 0 Å². The van der Waals surface area contributed by atoms with Crippen LogP contribution in [0.4, 0.5) is 10.6 Å². The molecule has 0 unspecified atom stereocenters. The van der Waals surface area contributed by atoms with Crippen molar-refractivity contribution in [1.82, 2.24) is 19.5 Å². The number of carbonyl (C=O) groups excluding carboxylic acids is 2. The minimum Gasteiger partial charge on any atom is -0.870 e. The Labute approximate surface area is 177 Å². The summed E-state index contributed by atoms with van der Waals surface area (Å²) in [7, 11) is 1.25.